The first kappa shape index (κ1) is 13.3. The van der Waals surface area contributed by atoms with Crippen molar-refractivity contribution in [2.45, 2.75) is 57.0 Å². The van der Waals surface area contributed by atoms with E-state index in [0.29, 0.717) is 11.6 Å². The summed E-state index contributed by atoms with van der Waals surface area (Å²) in [6, 6.07) is 0.537. The van der Waals surface area contributed by atoms with E-state index in [-0.39, 0.29) is 6.61 Å². The molecule has 0 radical (unpaired) electrons. The van der Waals surface area contributed by atoms with Gasteiger partial charge in [-0.15, -0.1) is 0 Å². The molecule has 3 heteroatoms. The first-order chi connectivity index (χ1) is 8.16. The smallest absolute Gasteiger partial charge is 0.0558 e. The molecule has 100 valence electrons. The van der Waals surface area contributed by atoms with Gasteiger partial charge in [-0.25, -0.2) is 0 Å². The number of likely N-dealkylation sites (N-methyl/N-ethyl adjacent to an activating group) is 1. The highest BCUT2D eigenvalue weighted by Crippen LogP contribution is 2.49. The van der Waals surface area contributed by atoms with Gasteiger partial charge in [-0.05, 0) is 45.6 Å². The Bertz CT molecular complexity index is 234. The second-order valence-corrected chi connectivity index (χ2v) is 6.17. The summed E-state index contributed by atoms with van der Waals surface area (Å²) in [6.07, 6.45) is 8.51. The third kappa shape index (κ3) is 3.43. The lowest BCUT2D eigenvalue weighted by atomic mass is 9.95. The van der Waals surface area contributed by atoms with Gasteiger partial charge in [0.2, 0.25) is 0 Å². The Morgan fingerprint density at radius 2 is 2.00 bits per heavy atom. The van der Waals surface area contributed by atoms with Crippen LogP contribution < -0.4 is 5.32 Å². The molecule has 2 fully saturated rings. The minimum atomic E-state index is 0.261. The van der Waals surface area contributed by atoms with E-state index in [0.717, 1.165) is 19.0 Å². The molecule has 1 unspecified atom stereocenters. The highest BCUT2D eigenvalue weighted by molar-refractivity contribution is 5.08. The number of nitrogens with one attached hydrogen (secondary N) is 1. The molecule has 0 saturated heterocycles. The molecular weight excluding hydrogens is 212 g/mol. The summed E-state index contributed by atoms with van der Waals surface area (Å²) < 4.78 is 0. The Morgan fingerprint density at radius 1 is 1.35 bits per heavy atom. The number of nitrogens with zero attached hydrogens (tertiary/aromatic N) is 1. The van der Waals surface area contributed by atoms with E-state index in [9.17, 15) is 0 Å². The van der Waals surface area contributed by atoms with Gasteiger partial charge in [0.05, 0.1) is 6.61 Å². The van der Waals surface area contributed by atoms with Gasteiger partial charge in [0.1, 0.15) is 0 Å². The highest BCUT2D eigenvalue weighted by Gasteiger charge is 2.49. The maximum atomic E-state index is 8.91. The summed E-state index contributed by atoms with van der Waals surface area (Å²) in [5.74, 6) is 0.938. The lowest BCUT2D eigenvalue weighted by Crippen LogP contribution is -2.47. The summed E-state index contributed by atoms with van der Waals surface area (Å²) >= 11 is 0. The molecule has 2 N–H and O–H groups in total. The van der Waals surface area contributed by atoms with E-state index in [1.165, 1.54) is 38.5 Å². The van der Waals surface area contributed by atoms with E-state index in [2.05, 4.69) is 24.2 Å². The third-order valence-electron chi connectivity index (χ3n) is 4.53. The molecular formula is C14H28N2O. The van der Waals surface area contributed by atoms with Crippen molar-refractivity contribution in [2.75, 3.05) is 26.7 Å². The number of rotatable bonds is 7. The Hall–Kier alpha value is -0.120. The zero-order valence-corrected chi connectivity index (χ0v) is 11.4. The lowest BCUT2D eigenvalue weighted by molar-refractivity contribution is 0.199. The molecule has 0 bridgehead atoms. The van der Waals surface area contributed by atoms with Crippen molar-refractivity contribution in [1.29, 1.82) is 0 Å². The molecule has 2 aliphatic rings. The van der Waals surface area contributed by atoms with Crippen molar-refractivity contribution in [3.05, 3.63) is 0 Å². The number of hydrogen-bond acceptors (Lipinski definition) is 3. The van der Waals surface area contributed by atoms with Crippen LogP contribution in [-0.4, -0.2) is 48.3 Å². The van der Waals surface area contributed by atoms with Crippen molar-refractivity contribution >= 4 is 0 Å². The van der Waals surface area contributed by atoms with Crippen molar-refractivity contribution < 1.29 is 5.11 Å². The fourth-order valence-corrected chi connectivity index (χ4v) is 3.55. The minimum Gasteiger partial charge on any atom is -0.395 e. The summed E-state index contributed by atoms with van der Waals surface area (Å²) in [5, 5.41) is 12.8. The molecule has 0 aromatic heterocycles. The second-order valence-electron chi connectivity index (χ2n) is 6.17. The second kappa shape index (κ2) is 5.68. The van der Waals surface area contributed by atoms with Crippen molar-refractivity contribution in [1.82, 2.24) is 10.2 Å². The van der Waals surface area contributed by atoms with Gasteiger partial charge >= 0.3 is 0 Å². The van der Waals surface area contributed by atoms with E-state index in [4.69, 9.17) is 5.11 Å². The van der Waals surface area contributed by atoms with Gasteiger partial charge in [-0.2, -0.15) is 0 Å². The van der Waals surface area contributed by atoms with Gasteiger partial charge < -0.3 is 15.3 Å². The molecule has 3 nitrogen and oxygen atoms in total. The monoisotopic (exact) mass is 240 g/mol. The average molecular weight is 240 g/mol. The molecule has 0 heterocycles. The minimum absolute atomic E-state index is 0.261. The largest absolute Gasteiger partial charge is 0.395 e. The van der Waals surface area contributed by atoms with Gasteiger partial charge in [0.15, 0.2) is 0 Å². The first-order valence-electron chi connectivity index (χ1n) is 7.23. The molecule has 1 atom stereocenters. The number of hydrogen-bond donors (Lipinski definition) is 2. The summed E-state index contributed by atoms with van der Waals surface area (Å²) in [4.78, 5) is 2.21. The maximum Gasteiger partial charge on any atom is 0.0558 e. The summed E-state index contributed by atoms with van der Waals surface area (Å²) in [5.41, 5.74) is 0.496. The Labute approximate surface area is 106 Å². The SMILES string of the molecule is CC(CN(C)CCO)NC1(C2CCCC2)CC1. The lowest BCUT2D eigenvalue weighted by Gasteiger charge is -2.30. The van der Waals surface area contributed by atoms with Crippen LogP contribution in [0.4, 0.5) is 0 Å². The molecule has 0 amide bonds. The predicted octanol–water partition coefficient (Wildman–Crippen LogP) is 1.61. The third-order valence-corrected chi connectivity index (χ3v) is 4.53. The molecule has 0 aliphatic heterocycles. The van der Waals surface area contributed by atoms with Crippen LogP contribution in [0.5, 0.6) is 0 Å². The Morgan fingerprint density at radius 3 is 2.53 bits per heavy atom. The normalized spacial score (nSPS) is 25.4. The van der Waals surface area contributed by atoms with E-state index >= 15 is 0 Å². The molecule has 17 heavy (non-hydrogen) atoms. The van der Waals surface area contributed by atoms with E-state index in [1.807, 2.05) is 0 Å². The zero-order valence-electron chi connectivity index (χ0n) is 11.4. The Balaban J connectivity index is 1.75. The fraction of sp³-hybridized carbons (Fsp3) is 1.00. The predicted molar refractivity (Wildman–Crippen MR) is 71.1 cm³/mol. The van der Waals surface area contributed by atoms with Gasteiger partial charge in [0.25, 0.3) is 0 Å². The van der Waals surface area contributed by atoms with Crippen LogP contribution in [0.1, 0.15) is 45.4 Å². The van der Waals surface area contributed by atoms with Crippen LogP contribution in [-0.2, 0) is 0 Å². The Kier molecular flexibility index (Phi) is 4.45. The van der Waals surface area contributed by atoms with Crippen molar-refractivity contribution in [3.63, 3.8) is 0 Å². The molecule has 2 saturated carbocycles. The van der Waals surface area contributed by atoms with Gasteiger partial charge in [-0.1, -0.05) is 12.8 Å². The van der Waals surface area contributed by atoms with Crippen LogP contribution in [0, 0.1) is 5.92 Å². The fourth-order valence-electron chi connectivity index (χ4n) is 3.55. The average Bonchev–Trinajstić information content (AvgIpc) is 2.83. The van der Waals surface area contributed by atoms with Gasteiger partial charge in [0, 0.05) is 24.7 Å². The van der Waals surface area contributed by atoms with Crippen LogP contribution in [0.2, 0.25) is 0 Å². The van der Waals surface area contributed by atoms with Crippen molar-refractivity contribution in [2.24, 2.45) is 5.92 Å². The van der Waals surface area contributed by atoms with Crippen LogP contribution >= 0.6 is 0 Å². The van der Waals surface area contributed by atoms with Crippen LogP contribution in [0.15, 0.2) is 0 Å². The molecule has 2 rings (SSSR count). The molecule has 0 aromatic carbocycles. The zero-order chi connectivity index (χ0) is 12.3. The molecule has 0 aromatic rings. The van der Waals surface area contributed by atoms with E-state index in [1.54, 1.807) is 0 Å². The van der Waals surface area contributed by atoms with Crippen LogP contribution in [0.25, 0.3) is 0 Å². The summed E-state index contributed by atoms with van der Waals surface area (Å²) in [6.45, 7) is 4.36. The highest BCUT2D eigenvalue weighted by atomic mass is 16.3. The molecule has 2 aliphatic carbocycles. The summed E-state index contributed by atoms with van der Waals surface area (Å²) in [7, 11) is 2.09. The number of aliphatic hydroxyl groups is 1. The van der Waals surface area contributed by atoms with E-state index < -0.39 is 0 Å². The van der Waals surface area contributed by atoms with Crippen molar-refractivity contribution in [3.8, 4) is 0 Å². The van der Waals surface area contributed by atoms with Crippen LogP contribution in [0.3, 0.4) is 0 Å². The standard InChI is InChI=1S/C14H28N2O/c1-12(11-16(2)9-10-17)15-14(7-8-14)13-5-3-4-6-13/h12-13,15,17H,3-11H2,1-2H3. The quantitative estimate of drug-likeness (QED) is 0.710. The topological polar surface area (TPSA) is 35.5 Å². The maximum absolute atomic E-state index is 8.91. The molecule has 0 spiro atoms. The first-order valence-corrected chi connectivity index (χ1v) is 7.23. The van der Waals surface area contributed by atoms with Gasteiger partial charge in [-0.3, -0.25) is 0 Å². The number of aliphatic hydroxyl groups excluding tert-OH is 1.